The van der Waals surface area contributed by atoms with Gasteiger partial charge in [0, 0.05) is 5.69 Å². The van der Waals surface area contributed by atoms with E-state index in [1.54, 1.807) is 25.2 Å². The number of hydrogen-bond donors (Lipinski definition) is 3. The van der Waals surface area contributed by atoms with Gasteiger partial charge in [0.1, 0.15) is 0 Å². The Morgan fingerprint density at radius 1 is 0.923 bits per heavy atom. The molecule has 0 radical (unpaired) electrons. The first-order chi connectivity index (χ1) is 12.3. The number of nitrogens with one attached hydrogen (secondary N) is 3. The van der Waals surface area contributed by atoms with Crippen LogP contribution < -0.4 is 15.5 Å². The Hall–Kier alpha value is -2.08. The zero-order chi connectivity index (χ0) is 19.3. The smallest absolute Gasteiger partial charge is 0.279 e. The molecule has 0 aliphatic carbocycles. The van der Waals surface area contributed by atoms with Crippen LogP contribution in [0.4, 0.5) is 11.4 Å². The van der Waals surface area contributed by atoms with Crippen molar-refractivity contribution < 1.29 is 14.5 Å². The van der Waals surface area contributed by atoms with Gasteiger partial charge in [-0.3, -0.25) is 9.59 Å². The van der Waals surface area contributed by atoms with Crippen molar-refractivity contribution >= 4 is 46.4 Å². The average molecular weight is 395 g/mol. The third kappa shape index (κ3) is 5.46. The van der Waals surface area contributed by atoms with E-state index in [1.165, 1.54) is 0 Å². The lowest BCUT2D eigenvalue weighted by molar-refractivity contribution is -0.862. The van der Waals surface area contributed by atoms with Gasteiger partial charge in [-0.1, -0.05) is 41.4 Å². The van der Waals surface area contributed by atoms with E-state index < -0.39 is 0 Å². The molecule has 0 bridgehead atoms. The van der Waals surface area contributed by atoms with E-state index in [0.29, 0.717) is 15.7 Å². The highest BCUT2D eigenvalue weighted by atomic mass is 35.5. The highest BCUT2D eigenvalue weighted by Crippen LogP contribution is 2.29. The predicted octanol–water partition coefficient (Wildman–Crippen LogP) is 2.70. The normalized spacial score (nSPS) is 11.7. The molecular formula is C19H22Cl2N3O2+. The first-order valence-corrected chi connectivity index (χ1v) is 8.94. The number of carbonyl (C=O) groups excluding carboxylic acids is 2. The molecule has 0 spiro atoms. The van der Waals surface area contributed by atoms with Crippen LogP contribution in [0.2, 0.25) is 10.0 Å². The number of rotatable bonds is 6. The van der Waals surface area contributed by atoms with Gasteiger partial charge in [0.05, 0.1) is 22.8 Å². The minimum atomic E-state index is -0.244. The molecule has 3 N–H and O–H groups in total. The molecule has 0 fully saturated rings. The second-order valence-electron chi connectivity index (χ2n) is 6.26. The number of hydrogen-bond acceptors (Lipinski definition) is 2. The van der Waals surface area contributed by atoms with Crippen LogP contribution in [0.25, 0.3) is 0 Å². The van der Waals surface area contributed by atoms with Crippen LogP contribution in [0.5, 0.6) is 0 Å². The maximum atomic E-state index is 12.2. The van der Waals surface area contributed by atoms with Gasteiger partial charge in [0.25, 0.3) is 11.8 Å². The summed E-state index contributed by atoms with van der Waals surface area (Å²) < 4.78 is 0. The molecule has 0 heterocycles. The van der Waals surface area contributed by atoms with Crippen LogP contribution >= 0.6 is 23.2 Å². The molecule has 0 saturated carbocycles. The Balaban J connectivity index is 1.88. The molecule has 0 aromatic heterocycles. The van der Waals surface area contributed by atoms with Crippen LogP contribution in [0.3, 0.4) is 0 Å². The van der Waals surface area contributed by atoms with Gasteiger partial charge in [-0.25, -0.2) is 0 Å². The molecule has 1 atom stereocenters. The summed E-state index contributed by atoms with van der Waals surface area (Å²) in [6.07, 6.45) is 0. The number of likely N-dealkylation sites (N-methyl/N-ethyl adjacent to an activating group) is 1. The van der Waals surface area contributed by atoms with Crippen molar-refractivity contribution in [1.29, 1.82) is 0 Å². The number of amides is 2. The maximum Gasteiger partial charge on any atom is 0.279 e. The minimum Gasteiger partial charge on any atom is -0.322 e. The molecule has 138 valence electrons. The number of aryl methyl sites for hydroxylation is 1. The third-order valence-electron chi connectivity index (χ3n) is 4.03. The van der Waals surface area contributed by atoms with Crippen LogP contribution in [-0.4, -0.2) is 32.0 Å². The van der Waals surface area contributed by atoms with E-state index in [2.05, 4.69) is 10.6 Å². The molecule has 26 heavy (non-hydrogen) atoms. The van der Waals surface area contributed by atoms with Crippen molar-refractivity contribution in [1.82, 2.24) is 0 Å². The summed E-state index contributed by atoms with van der Waals surface area (Å²) in [6, 6.07) is 10.8. The number of anilines is 2. The van der Waals surface area contributed by atoms with Crippen LogP contribution in [0, 0.1) is 13.8 Å². The van der Waals surface area contributed by atoms with Crippen molar-refractivity contribution in [2.24, 2.45) is 0 Å². The highest BCUT2D eigenvalue weighted by Gasteiger charge is 2.16. The zero-order valence-corrected chi connectivity index (χ0v) is 16.5. The summed E-state index contributed by atoms with van der Waals surface area (Å²) in [6.45, 7) is 4.25. The largest absolute Gasteiger partial charge is 0.322 e. The third-order valence-corrected chi connectivity index (χ3v) is 4.85. The van der Waals surface area contributed by atoms with Crippen LogP contribution in [-0.2, 0) is 9.59 Å². The Morgan fingerprint density at radius 2 is 1.46 bits per heavy atom. The van der Waals surface area contributed by atoms with E-state index in [-0.39, 0.29) is 24.9 Å². The fourth-order valence-corrected chi connectivity index (χ4v) is 2.83. The lowest BCUT2D eigenvalue weighted by Crippen LogP contribution is -3.11. The lowest BCUT2D eigenvalue weighted by Gasteiger charge is -2.15. The van der Waals surface area contributed by atoms with Crippen molar-refractivity contribution in [3.05, 3.63) is 57.6 Å². The van der Waals surface area contributed by atoms with E-state index in [9.17, 15) is 9.59 Å². The molecule has 2 rings (SSSR count). The number of benzene rings is 2. The number of halogens is 2. The Labute approximate surface area is 163 Å². The Kier molecular flexibility index (Phi) is 7.03. The van der Waals surface area contributed by atoms with Gasteiger partial charge < -0.3 is 15.5 Å². The first-order valence-electron chi connectivity index (χ1n) is 8.19. The Morgan fingerprint density at radius 3 is 2.12 bits per heavy atom. The summed E-state index contributed by atoms with van der Waals surface area (Å²) in [4.78, 5) is 25.1. The van der Waals surface area contributed by atoms with Crippen LogP contribution in [0.15, 0.2) is 36.4 Å². The van der Waals surface area contributed by atoms with Crippen molar-refractivity contribution in [2.45, 2.75) is 13.8 Å². The fourth-order valence-electron chi connectivity index (χ4n) is 2.49. The molecule has 2 aromatic rings. The van der Waals surface area contributed by atoms with E-state index in [1.807, 2.05) is 32.0 Å². The molecule has 5 nitrogen and oxygen atoms in total. The van der Waals surface area contributed by atoms with Crippen LogP contribution in [0.1, 0.15) is 11.1 Å². The quantitative estimate of drug-likeness (QED) is 0.705. The standard InChI is InChI=1S/C19H21Cl2N3O2/c1-12-6-4-8-15(13(12)2)22-17(25)10-24(3)11-18(26)23-16-9-5-7-14(20)19(16)21/h4-9H,10-11H2,1-3H3,(H,22,25)(H,23,26)/p+1. The van der Waals surface area contributed by atoms with E-state index in [0.717, 1.165) is 21.7 Å². The molecule has 0 saturated heterocycles. The first kappa shape index (κ1) is 20.2. The molecule has 2 amide bonds. The molecule has 0 aliphatic heterocycles. The maximum absolute atomic E-state index is 12.2. The van der Waals surface area contributed by atoms with Gasteiger partial charge in [0.2, 0.25) is 0 Å². The second kappa shape index (κ2) is 9.03. The van der Waals surface area contributed by atoms with Crippen molar-refractivity contribution in [3.63, 3.8) is 0 Å². The molecule has 2 aromatic carbocycles. The highest BCUT2D eigenvalue weighted by molar-refractivity contribution is 6.43. The second-order valence-corrected chi connectivity index (χ2v) is 7.04. The van der Waals surface area contributed by atoms with Gasteiger partial charge in [0.15, 0.2) is 13.1 Å². The van der Waals surface area contributed by atoms with Gasteiger partial charge in [-0.15, -0.1) is 0 Å². The van der Waals surface area contributed by atoms with E-state index in [4.69, 9.17) is 23.2 Å². The predicted molar refractivity (Wildman–Crippen MR) is 106 cm³/mol. The van der Waals surface area contributed by atoms with E-state index >= 15 is 0 Å². The summed E-state index contributed by atoms with van der Waals surface area (Å²) in [5.41, 5.74) is 3.39. The molecule has 0 aliphatic rings. The monoisotopic (exact) mass is 394 g/mol. The summed E-state index contributed by atoms with van der Waals surface area (Å²) >= 11 is 12.0. The summed E-state index contributed by atoms with van der Waals surface area (Å²) in [5.74, 6) is -0.393. The Bertz CT molecular complexity index is 757. The lowest BCUT2D eigenvalue weighted by atomic mass is 10.1. The molecular weight excluding hydrogens is 373 g/mol. The van der Waals surface area contributed by atoms with Gasteiger partial charge >= 0.3 is 0 Å². The van der Waals surface area contributed by atoms with Crippen molar-refractivity contribution in [3.8, 4) is 0 Å². The average Bonchev–Trinajstić information content (AvgIpc) is 2.56. The van der Waals surface area contributed by atoms with Crippen molar-refractivity contribution in [2.75, 3.05) is 30.8 Å². The zero-order valence-electron chi connectivity index (χ0n) is 15.0. The number of carbonyl (C=O) groups is 2. The fraction of sp³-hybridized carbons (Fsp3) is 0.263. The molecule has 1 unspecified atom stereocenters. The SMILES string of the molecule is Cc1cccc(NC(=O)C[NH+](C)CC(=O)Nc2cccc(Cl)c2Cl)c1C. The minimum absolute atomic E-state index is 0.128. The molecule has 7 heteroatoms. The van der Waals surface area contributed by atoms with Gasteiger partial charge in [-0.05, 0) is 43.2 Å². The summed E-state index contributed by atoms with van der Waals surface area (Å²) in [7, 11) is 1.78. The summed E-state index contributed by atoms with van der Waals surface area (Å²) in [5, 5.41) is 6.28. The van der Waals surface area contributed by atoms with Gasteiger partial charge in [-0.2, -0.15) is 0 Å². The number of quaternary nitrogens is 1. The topological polar surface area (TPSA) is 62.6 Å².